The molecule has 84 valence electrons. The third-order valence-electron chi connectivity index (χ3n) is 2.17. The number of rotatable bonds is 4. The Balaban J connectivity index is 2.45. The number of hydrogen-bond acceptors (Lipinski definition) is 5. The third-order valence-corrected chi connectivity index (χ3v) is 3.39. The highest BCUT2D eigenvalue weighted by Crippen LogP contribution is 2.09. The van der Waals surface area contributed by atoms with Crippen LogP contribution in [0.25, 0.3) is 0 Å². The van der Waals surface area contributed by atoms with Crippen LogP contribution < -0.4 is 0 Å². The van der Waals surface area contributed by atoms with Crippen molar-refractivity contribution in [2.45, 2.75) is 20.1 Å². The summed E-state index contributed by atoms with van der Waals surface area (Å²) in [5.41, 5.74) is 0. The fourth-order valence-electron chi connectivity index (χ4n) is 1.25. The average molecular weight is 223 g/mol. The minimum atomic E-state index is -3.40. The first kappa shape index (κ1) is 11.9. The van der Waals surface area contributed by atoms with Crippen molar-refractivity contribution in [2.75, 3.05) is 32.0 Å². The van der Waals surface area contributed by atoms with Gasteiger partial charge in [-0.15, -0.1) is 0 Å². The largest absolute Gasteiger partial charge is 0.349 e. The van der Waals surface area contributed by atoms with E-state index in [1.54, 1.807) is 6.92 Å². The number of hydrogen-bond donors (Lipinski definition) is 0. The van der Waals surface area contributed by atoms with Crippen LogP contribution in [0, 0.1) is 0 Å². The van der Waals surface area contributed by atoms with Crippen LogP contribution in [0.5, 0.6) is 0 Å². The molecule has 0 bridgehead atoms. The van der Waals surface area contributed by atoms with Gasteiger partial charge in [0, 0.05) is 6.54 Å². The summed E-state index contributed by atoms with van der Waals surface area (Å²) in [5, 5.41) is 0. The van der Waals surface area contributed by atoms with E-state index in [9.17, 15) is 8.42 Å². The Morgan fingerprint density at radius 3 is 2.79 bits per heavy atom. The smallest absolute Gasteiger partial charge is 0.269 e. The monoisotopic (exact) mass is 223 g/mol. The van der Waals surface area contributed by atoms with Crippen LogP contribution in [0.2, 0.25) is 0 Å². The van der Waals surface area contributed by atoms with Crippen LogP contribution in [0.15, 0.2) is 0 Å². The fourth-order valence-corrected chi connectivity index (χ4v) is 1.82. The summed E-state index contributed by atoms with van der Waals surface area (Å²) < 4.78 is 32.4. The molecular weight excluding hydrogens is 206 g/mol. The Bertz CT molecular complexity index is 265. The first-order chi connectivity index (χ1) is 6.57. The normalized spacial score (nSPS) is 25.1. The molecule has 14 heavy (non-hydrogen) atoms. The van der Waals surface area contributed by atoms with Crippen LogP contribution in [-0.2, 0) is 19.0 Å². The first-order valence-electron chi connectivity index (χ1n) is 4.82. The van der Waals surface area contributed by atoms with Crippen molar-refractivity contribution in [3.8, 4) is 0 Å². The van der Waals surface area contributed by atoms with E-state index >= 15 is 0 Å². The maximum atomic E-state index is 11.1. The predicted molar refractivity (Wildman–Crippen MR) is 52.4 cm³/mol. The summed E-state index contributed by atoms with van der Waals surface area (Å²) in [5.74, 6) is -0.0149. The minimum absolute atomic E-state index is 0.0149. The van der Waals surface area contributed by atoms with E-state index in [0.29, 0.717) is 13.2 Å². The highest BCUT2D eigenvalue weighted by molar-refractivity contribution is 7.86. The zero-order chi connectivity index (χ0) is 10.6. The molecule has 1 aliphatic heterocycles. The van der Waals surface area contributed by atoms with E-state index in [4.69, 9.17) is 8.92 Å². The molecule has 0 N–H and O–H groups in total. The molecule has 0 radical (unpaired) electrons. The highest BCUT2D eigenvalue weighted by atomic mass is 32.2. The fraction of sp³-hybridized carbons (Fsp3) is 1.00. The summed E-state index contributed by atoms with van der Waals surface area (Å²) in [6.45, 7) is 6.35. The molecule has 1 saturated heterocycles. The number of ether oxygens (including phenoxy) is 1. The van der Waals surface area contributed by atoms with Crippen molar-refractivity contribution in [1.82, 2.24) is 4.90 Å². The van der Waals surface area contributed by atoms with E-state index in [1.165, 1.54) is 0 Å². The molecule has 5 nitrogen and oxygen atoms in total. The van der Waals surface area contributed by atoms with Gasteiger partial charge in [0.15, 0.2) is 6.29 Å². The molecule has 0 aromatic heterocycles. The lowest BCUT2D eigenvalue weighted by Gasteiger charge is -2.31. The van der Waals surface area contributed by atoms with Gasteiger partial charge in [-0.1, -0.05) is 6.92 Å². The minimum Gasteiger partial charge on any atom is -0.349 e. The Morgan fingerprint density at radius 1 is 1.50 bits per heavy atom. The second kappa shape index (κ2) is 5.06. The summed E-state index contributed by atoms with van der Waals surface area (Å²) in [7, 11) is -3.40. The highest BCUT2D eigenvalue weighted by Gasteiger charge is 2.24. The van der Waals surface area contributed by atoms with Crippen molar-refractivity contribution in [3.05, 3.63) is 0 Å². The van der Waals surface area contributed by atoms with E-state index in [-0.39, 0.29) is 5.75 Å². The zero-order valence-electron chi connectivity index (χ0n) is 8.60. The van der Waals surface area contributed by atoms with Crippen molar-refractivity contribution in [1.29, 1.82) is 0 Å². The van der Waals surface area contributed by atoms with E-state index in [1.807, 2.05) is 6.92 Å². The molecule has 1 unspecified atom stereocenters. The van der Waals surface area contributed by atoms with Crippen LogP contribution in [-0.4, -0.2) is 51.6 Å². The average Bonchev–Trinajstić information content (AvgIpc) is 2.17. The molecule has 1 atom stereocenters. The number of likely N-dealkylation sites (N-methyl/N-ethyl adjacent to an activating group) is 1. The second-order valence-corrected chi connectivity index (χ2v) is 5.02. The van der Waals surface area contributed by atoms with Crippen LogP contribution in [0.4, 0.5) is 0 Å². The lowest BCUT2D eigenvalue weighted by atomic mass is 10.4. The maximum Gasteiger partial charge on any atom is 0.269 e. The predicted octanol–water partition coefficient (Wildman–Crippen LogP) is 0.0309. The standard InChI is InChI=1S/C8H17NO4S/c1-3-9-5-6-12-8(7-9)13-14(10,11)4-2/h8H,3-7H2,1-2H3. The van der Waals surface area contributed by atoms with Gasteiger partial charge in [0.05, 0.1) is 18.9 Å². The zero-order valence-corrected chi connectivity index (χ0v) is 9.42. The van der Waals surface area contributed by atoms with E-state index in [2.05, 4.69) is 4.90 Å². The van der Waals surface area contributed by atoms with Crippen molar-refractivity contribution >= 4 is 10.1 Å². The SMILES string of the molecule is CCN1CCOC(OS(=O)(=O)CC)C1. The summed E-state index contributed by atoms with van der Waals surface area (Å²) in [6.07, 6.45) is -0.631. The van der Waals surface area contributed by atoms with Gasteiger partial charge in [-0.2, -0.15) is 8.42 Å². The molecule has 6 heteroatoms. The molecule has 0 aromatic rings. The Labute approximate surface area is 85.1 Å². The van der Waals surface area contributed by atoms with Crippen molar-refractivity contribution < 1.29 is 17.3 Å². The van der Waals surface area contributed by atoms with Crippen LogP contribution >= 0.6 is 0 Å². The number of nitrogens with zero attached hydrogens (tertiary/aromatic N) is 1. The summed E-state index contributed by atoms with van der Waals surface area (Å²) in [4.78, 5) is 2.10. The lowest BCUT2D eigenvalue weighted by molar-refractivity contribution is -0.126. The van der Waals surface area contributed by atoms with Gasteiger partial charge in [-0.05, 0) is 13.5 Å². The van der Waals surface area contributed by atoms with Gasteiger partial charge in [0.2, 0.25) is 0 Å². The second-order valence-electron chi connectivity index (χ2n) is 3.14. The topological polar surface area (TPSA) is 55.8 Å². The van der Waals surface area contributed by atoms with E-state index < -0.39 is 16.4 Å². The molecule has 0 aliphatic carbocycles. The van der Waals surface area contributed by atoms with Gasteiger partial charge in [0.1, 0.15) is 0 Å². The van der Waals surface area contributed by atoms with Gasteiger partial charge in [-0.3, -0.25) is 4.90 Å². The van der Waals surface area contributed by atoms with Gasteiger partial charge in [0.25, 0.3) is 10.1 Å². The molecule has 0 spiro atoms. The lowest BCUT2D eigenvalue weighted by Crippen LogP contribution is -2.44. The molecule has 1 heterocycles. The van der Waals surface area contributed by atoms with Crippen molar-refractivity contribution in [3.63, 3.8) is 0 Å². The maximum absolute atomic E-state index is 11.1. The Kier molecular flexibility index (Phi) is 4.31. The van der Waals surface area contributed by atoms with Gasteiger partial charge < -0.3 is 4.74 Å². The summed E-state index contributed by atoms with van der Waals surface area (Å²) >= 11 is 0. The van der Waals surface area contributed by atoms with E-state index in [0.717, 1.165) is 13.1 Å². The molecule has 0 aromatic carbocycles. The Morgan fingerprint density at radius 2 is 2.21 bits per heavy atom. The van der Waals surface area contributed by atoms with Gasteiger partial charge >= 0.3 is 0 Å². The van der Waals surface area contributed by atoms with Gasteiger partial charge in [-0.25, -0.2) is 4.18 Å². The first-order valence-corrected chi connectivity index (χ1v) is 6.40. The van der Waals surface area contributed by atoms with Crippen LogP contribution in [0.1, 0.15) is 13.8 Å². The molecule has 0 saturated carbocycles. The quantitative estimate of drug-likeness (QED) is 0.629. The molecule has 1 fully saturated rings. The van der Waals surface area contributed by atoms with Crippen LogP contribution in [0.3, 0.4) is 0 Å². The Hall–Kier alpha value is -0.170. The molecule has 1 rings (SSSR count). The molecular formula is C8H17NO4S. The summed E-state index contributed by atoms with van der Waals surface area (Å²) in [6, 6.07) is 0. The molecule has 0 amide bonds. The third kappa shape index (κ3) is 3.53. The number of morpholine rings is 1. The van der Waals surface area contributed by atoms with Crippen molar-refractivity contribution in [2.24, 2.45) is 0 Å². The molecule has 1 aliphatic rings.